The third kappa shape index (κ3) is 5.96. The van der Waals surface area contributed by atoms with E-state index in [0.717, 1.165) is 43.1 Å². The number of benzene rings is 2. The Kier molecular flexibility index (Phi) is 8.99. The molecule has 3 heterocycles. The normalized spacial score (nSPS) is 18.6. The molecule has 9 heteroatoms. The second-order valence-corrected chi connectivity index (χ2v) is 12.1. The first kappa shape index (κ1) is 29.9. The van der Waals surface area contributed by atoms with Crippen molar-refractivity contribution in [3.05, 3.63) is 65.9 Å². The Hall–Kier alpha value is -4.16. The van der Waals surface area contributed by atoms with Crippen molar-refractivity contribution in [1.29, 1.82) is 5.26 Å². The minimum atomic E-state index is -0.228. The molecule has 0 N–H and O–H groups in total. The molecule has 1 amide bonds. The van der Waals surface area contributed by atoms with Gasteiger partial charge in [-0.3, -0.25) is 9.69 Å². The number of hydrogen-bond acceptors (Lipinski definition) is 8. The summed E-state index contributed by atoms with van der Waals surface area (Å²) in [4.78, 5) is 31.5. The summed E-state index contributed by atoms with van der Waals surface area (Å²) in [5, 5.41) is 12.1. The summed E-state index contributed by atoms with van der Waals surface area (Å²) in [6.45, 7) is 13.6. The number of piperazine rings is 1. The van der Waals surface area contributed by atoms with Gasteiger partial charge >= 0.3 is 6.01 Å². The Morgan fingerprint density at radius 2 is 1.98 bits per heavy atom. The van der Waals surface area contributed by atoms with Crippen LogP contribution in [0.2, 0.25) is 0 Å². The Balaban J connectivity index is 1.30. The van der Waals surface area contributed by atoms with Gasteiger partial charge in [0.1, 0.15) is 12.4 Å². The summed E-state index contributed by atoms with van der Waals surface area (Å²) in [6, 6.07) is 16.1. The van der Waals surface area contributed by atoms with Gasteiger partial charge in [-0.05, 0) is 55.8 Å². The number of aromatic nitrogens is 2. The lowest BCUT2D eigenvalue weighted by Crippen LogP contribution is -2.55. The van der Waals surface area contributed by atoms with Gasteiger partial charge in [0.15, 0.2) is 0 Å². The summed E-state index contributed by atoms with van der Waals surface area (Å²) in [5.41, 5.74) is 4.60. The fourth-order valence-corrected chi connectivity index (χ4v) is 7.03. The number of aryl methyl sites for hydroxylation is 1. The number of rotatable bonds is 10. The number of amides is 1. The van der Waals surface area contributed by atoms with Gasteiger partial charge in [-0.25, -0.2) is 0 Å². The zero-order chi connectivity index (χ0) is 30.6. The summed E-state index contributed by atoms with van der Waals surface area (Å²) >= 11 is 0. The topological polar surface area (TPSA) is 88.8 Å². The molecule has 3 aliphatic rings. The number of fused-ring (bicyclic) bond motifs is 2. The first-order valence-corrected chi connectivity index (χ1v) is 16.1. The van der Waals surface area contributed by atoms with Crippen molar-refractivity contribution < 1.29 is 9.53 Å². The summed E-state index contributed by atoms with van der Waals surface area (Å²) < 4.78 is 6.30. The molecule has 1 atom stereocenters. The number of hydrogen-bond donors (Lipinski definition) is 0. The molecule has 1 aliphatic carbocycles. The maximum Gasteiger partial charge on any atom is 0.318 e. The highest BCUT2D eigenvalue weighted by molar-refractivity contribution is 5.97. The van der Waals surface area contributed by atoms with E-state index in [1.807, 2.05) is 0 Å². The van der Waals surface area contributed by atoms with Gasteiger partial charge in [-0.2, -0.15) is 15.2 Å². The first-order valence-electron chi connectivity index (χ1n) is 16.1. The second kappa shape index (κ2) is 13.2. The molecule has 0 radical (unpaired) electrons. The molecule has 0 unspecified atom stereocenters. The number of likely N-dealkylation sites (N-methyl/N-ethyl adjacent to an activating group) is 1. The maximum atomic E-state index is 12.6. The second-order valence-electron chi connectivity index (χ2n) is 12.1. The Bertz CT molecular complexity index is 1560. The highest BCUT2D eigenvalue weighted by Gasteiger charge is 2.33. The van der Waals surface area contributed by atoms with Gasteiger partial charge < -0.3 is 19.4 Å². The van der Waals surface area contributed by atoms with Crippen LogP contribution in [0, 0.1) is 18.3 Å². The van der Waals surface area contributed by atoms with Crippen LogP contribution in [0.15, 0.2) is 49.1 Å². The lowest BCUT2D eigenvalue weighted by Gasteiger charge is -2.42. The zero-order valence-electron chi connectivity index (χ0n) is 26.0. The van der Waals surface area contributed by atoms with Gasteiger partial charge in [0.25, 0.3) is 0 Å². The molecule has 1 aromatic heterocycles. The fraction of sp³-hybridized carbons (Fsp3) is 0.486. The maximum absolute atomic E-state index is 12.6. The minimum absolute atomic E-state index is 0.133. The van der Waals surface area contributed by atoms with E-state index < -0.39 is 0 Å². The first-order chi connectivity index (χ1) is 21.5. The van der Waals surface area contributed by atoms with Crippen LogP contribution in [0.5, 0.6) is 6.01 Å². The summed E-state index contributed by atoms with van der Waals surface area (Å²) in [7, 11) is 0. The van der Waals surface area contributed by atoms with Crippen molar-refractivity contribution in [2.75, 3.05) is 55.7 Å². The van der Waals surface area contributed by atoms with Crippen molar-refractivity contribution in [3.63, 3.8) is 0 Å². The van der Waals surface area contributed by atoms with Crippen LogP contribution in [-0.2, 0) is 17.8 Å². The van der Waals surface area contributed by atoms with E-state index in [1.54, 1.807) is 4.90 Å². The van der Waals surface area contributed by atoms with Gasteiger partial charge in [0, 0.05) is 55.4 Å². The molecule has 9 nitrogen and oxygen atoms in total. The average molecular weight is 594 g/mol. The minimum Gasteiger partial charge on any atom is -0.462 e. The molecule has 2 aliphatic heterocycles. The third-order valence-electron chi connectivity index (χ3n) is 9.63. The van der Waals surface area contributed by atoms with Crippen molar-refractivity contribution in [2.24, 2.45) is 0 Å². The van der Waals surface area contributed by atoms with Crippen LogP contribution in [0.3, 0.4) is 0 Å². The predicted molar refractivity (Wildman–Crippen MR) is 174 cm³/mol. The Morgan fingerprint density at radius 3 is 2.70 bits per heavy atom. The molecular weight excluding hydrogens is 550 g/mol. The number of nitriles is 1. The third-order valence-corrected chi connectivity index (χ3v) is 9.63. The monoisotopic (exact) mass is 593 g/mol. The Labute approximate surface area is 260 Å². The van der Waals surface area contributed by atoms with Crippen LogP contribution in [0.1, 0.15) is 49.4 Å². The average Bonchev–Trinajstić information content (AvgIpc) is 3.02. The van der Waals surface area contributed by atoms with Crippen LogP contribution in [0.4, 0.5) is 11.5 Å². The largest absolute Gasteiger partial charge is 0.462 e. The molecule has 0 spiro atoms. The lowest BCUT2D eigenvalue weighted by molar-refractivity contribution is -0.128. The number of carbonyl (C=O) groups excluding carboxylic acids is 1. The Morgan fingerprint density at radius 1 is 1.16 bits per heavy atom. The highest BCUT2D eigenvalue weighted by atomic mass is 16.5. The number of carbonyl (C=O) groups is 1. The fourth-order valence-electron chi connectivity index (χ4n) is 7.03. The van der Waals surface area contributed by atoms with Crippen molar-refractivity contribution in [2.45, 2.75) is 64.6 Å². The van der Waals surface area contributed by atoms with E-state index in [4.69, 9.17) is 14.7 Å². The molecule has 0 bridgehead atoms. The van der Waals surface area contributed by atoms with Crippen molar-refractivity contribution in [3.8, 4) is 12.1 Å². The van der Waals surface area contributed by atoms with Gasteiger partial charge in [0.05, 0.1) is 30.8 Å². The smallest absolute Gasteiger partial charge is 0.318 e. The van der Waals surface area contributed by atoms with E-state index in [0.29, 0.717) is 44.8 Å². The molecule has 6 rings (SSSR count). The quantitative estimate of drug-likeness (QED) is 0.308. The molecule has 2 aromatic carbocycles. The molecule has 3 aromatic rings. The zero-order valence-corrected chi connectivity index (χ0v) is 26.0. The van der Waals surface area contributed by atoms with Gasteiger partial charge in [-0.1, -0.05) is 50.3 Å². The van der Waals surface area contributed by atoms with Crippen LogP contribution < -0.4 is 14.5 Å². The van der Waals surface area contributed by atoms with E-state index in [-0.39, 0.29) is 18.4 Å². The molecule has 230 valence electrons. The molecule has 2 fully saturated rings. The van der Waals surface area contributed by atoms with Gasteiger partial charge in [0.2, 0.25) is 5.91 Å². The van der Waals surface area contributed by atoms with Crippen LogP contribution >= 0.6 is 0 Å². The molecular formula is C35H43N7O2. The molecule has 1 saturated carbocycles. The van der Waals surface area contributed by atoms with E-state index in [1.165, 1.54) is 47.4 Å². The van der Waals surface area contributed by atoms with Crippen LogP contribution in [-0.4, -0.2) is 83.6 Å². The van der Waals surface area contributed by atoms with Gasteiger partial charge in [-0.15, -0.1) is 0 Å². The highest BCUT2D eigenvalue weighted by Crippen LogP contribution is 2.36. The van der Waals surface area contributed by atoms with Crippen LogP contribution in [0.25, 0.3) is 10.8 Å². The number of nitrogens with zero attached hydrogens (tertiary/aromatic N) is 7. The standard InChI is InChI=1S/C35H43N7O2/c1-4-32(43)42-20-19-41(23-28(42)15-17-36)34-29-16-18-40(31-14-7-11-26-10-6-9-25(3)33(26)31)24-30(29)37-35(38-34)44-22-21-39(5-2)27-12-8-13-27/h4,6-7,9-11,14,27-28H,1,5,8,12-13,15-16,18-24H2,2-3H3/t28-/m0/s1. The number of ether oxygens (including phenoxy) is 1. The lowest BCUT2D eigenvalue weighted by atomic mass is 9.91. The molecule has 1 saturated heterocycles. The molecule has 44 heavy (non-hydrogen) atoms. The summed E-state index contributed by atoms with van der Waals surface area (Å²) in [6.07, 6.45) is 6.24. The van der Waals surface area contributed by atoms with E-state index in [9.17, 15) is 10.1 Å². The number of anilines is 2. The van der Waals surface area contributed by atoms with Crippen molar-refractivity contribution >= 4 is 28.2 Å². The van der Waals surface area contributed by atoms with Crippen molar-refractivity contribution in [1.82, 2.24) is 19.8 Å². The van der Waals surface area contributed by atoms with E-state index >= 15 is 0 Å². The SMILES string of the molecule is C=CC(=O)N1CCN(c2nc(OCCN(CC)C3CCC3)nc3c2CCN(c2cccc4cccc(C)c24)C3)C[C@@H]1CC#N. The van der Waals surface area contributed by atoms with E-state index in [2.05, 4.69) is 77.6 Å². The summed E-state index contributed by atoms with van der Waals surface area (Å²) in [5.74, 6) is 0.741. The predicted octanol–water partition coefficient (Wildman–Crippen LogP) is 4.87.